The van der Waals surface area contributed by atoms with E-state index in [1.165, 1.54) is 12.1 Å². The lowest BCUT2D eigenvalue weighted by Gasteiger charge is -2.16. The van der Waals surface area contributed by atoms with Crippen molar-refractivity contribution in [3.63, 3.8) is 0 Å². The number of nitrogens with one attached hydrogen (secondary N) is 1. The van der Waals surface area contributed by atoms with Crippen LogP contribution in [0.25, 0.3) is 0 Å². The van der Waals surface area contributed by atoms with Gasteiger partial charge in [-0.1, -0.05) is 6.07 Å². The second-order valence-electron chi connectivity index (χ2n) is 4.74. The highest BCUT2D eigenvalue weighted by Gasteiger charge is 2.05. The number of carbonyl (C=O) groups excluding carboxylic acids is 1. The molecule has 5 nitrogen and oxygen atoms in total. The number of hydrogen-bond donors (Lipinski definition) is 1. The van der Waals surface area contributed by atoms with Crippen LogP contribution in [0.1, 0.15) is 6.42 Å². The van der Waals surface area contributed by atoms with E-state index in [9.17, 15) is 9.18 Å². The van der Waals surface area contributed by atoms with Crippen molar-refractivity contribution in [1.29, 1.82) is 0 Å². The van der Waals surface area contributed by atoms with Gasteiger partial charge in [-0.15, -0.1) is 0 Å². The Morgan fingerprint density at radius 2 is 2.19 bits per heavy atom. The van der Waals surface area contributed by atoms with Crippen LogP contribution in [0.15, 0.2) is 24.3 Å². The minimum atomic E-state index is -0.339. The first kappa shape index (κ1) is 17.4. The third kappa shape index (κ3) is 8.27. The van der Waals surface area contributed by atoms with Crippen LogP contribution >= 0.6 is 0 Å². The fourth-order valence-corrected chi connectivity index (χ4v) is 1.78. The average molecular weight is 298 g/mol. The van der Waals surface area contributed by atoms with Crippen LogP contribution in [-0.2, 0) is 9.53 Å². The van der Waals surface area contributed by atoms with Gasteiger partial charge in [0.1, 0.15) is 18.2 Å². The van der Waals surface area contributed by atoms with E-state index >= 15 is 0 Å². The highest BCUT2D eigenvalue weighted by atomic mass is 19.1. The first-order chi connectivity index (χ1) is 10.1. The van der Waals surface area contributed by atoms with Gasteiger partial charge >= 0.3 is 0 Å². The second-order valence-corrected chi connectivity index (χ2v) is 4.74. The number of halogens is 1. The Morgan fingerprint density at radius 3 is 2.90 bits per heavy atom. The fraction of sp³-hybridized carbons (Fsp3) is 0.533. The van der Waals surface area contributed by atoms with Gasteiger partial charge in [-0.2, -0.15) is 0 Å². The first-order valence-corrected chi connectivity index (χ1v) is 6.94. The lowest BCUT2D eigenvalue weighted by atomic mass is 10.3. The van der Waals surface area contributed by atoms with Crippen molar-refractivity contribution in [1.82, 2.24) is 10.2 Å². The maximum absolute atomic E-state index is 12.9. The van der Waals surface area contributed by atoms with Crippen LogP contribution in [0.3, 0.4) is 0 Å². The highest BCUT2D eigenvalue weighted by molar-refractivity contribution is 5.77. The predicted molar refractivity (Wildman–Crippen MR) is 78.9 cm³/mol. The van der Waals surface area contributed by atoms with E-state index in [2.05, 4.69) is 5.32 Å². The van der Waals surface area contributed by atoms with E-state index < -0.39 is 0 Å². The Hall–Kier alpha value is -1.66. The van der Waals surface area contributed by atoms with E-state index in [1.807, 2.05) is 11.9 Å². The second kappa shape index (κ2) is 10.1. The van der Waals surface area contributed by atoms with Crippen molar-refractivity contribution in [3.8, 4) is 5.75 Å². The molecule has 0 aromatic heterocycles. The monoisotopic (exact) mass is 298 g/mol. The zero-order valence-corrected chi connectivity index (χ0v) is 12.6. The topological polar surface area (TPSA) is 50.8 Å². The third-order valence-corrected chi connectivity index (χ3v) is 2.79. The Balaban J connectivity index is 2.10. The van der Waals surface area contributed by atoms with Crippen LogP contribution in [0.2, 0.25) is 0 Å². The summed E-state index contributed by atoms with van der Waals surface area (Å²) in [5, 5.41) is 2.76. The molecule has 1 aromatic carbocycles. The Labute approximate surface area is 125 Å². The molecule has 0 fully saturated rings. The van der Waals surface area contributed by atoms with Gasteiger partial charge in [0.05, 0.1) is 13.1 Å². The number of nitrogens with zero attached hydrogens (tertiary/aromatic N) is 1. The molecule has 0 saturated carbocycles. The van der Waals surface area contributed by atoms with Gasteiger partial charge in [-0.3, -0.25) is 9.69 Å². The highest BCUT2D eigenvalue weighted by Crippen LogP contribution is 2.11. The minimum absolute atomic E-state index is 0.0576. The zero-order chi connectivity index (χ0) is 15.5. The maximum Gasteiger partial charge on any atom is 0.234 e. The predicted octanol–water partition coefficient (Wildman–Crippen LogP) is 1.29. The summed E-state index contributed by atoms with van der Waals surface area (Å²) in [5.41, 5.74) is 0. The summed E-state index contributed by atoms with van der Waals surface area (Å²) in [6.45, 7) is 2.53. The molecule has 0 spiro atoms. The van der Waals surface area contributed by atoms with Gasteiger partial charge in [0.15, 0.2) is 0 Å². The standard InChI is InChI=1S/C15H23FN2O3/c1-18(8-4-9-20-2)12-15(19)17-7-10-21-14-6-3-5-13(16)11-14/h3,5-6,11H,4,7-10,12H2,1-2H3,(H,17,19). The lowest BCUT2D eigenvalue weighted by Crippen LogP contribution is -2.37. The van der Waals surface area contributed by atoms with Gasteiger partial charge in [0.2, 0.25) is 5.91 Å². The molecule has 0 bridgehead atoms. The molecule has 6 heteroatoms. The number of ether oxygens (including phenoxy) is 2. The molecule has 1 aromatic rings. The summed E-state index contributed by atoms with van der Waals surface area (Å²) in [6.07, 6.45) is 0.892. The smallest absolute Gasteiger partial charge is 0.234 e. The van der Waals surface area contributed by atoms with Crippen molar-refractivity contribution in [2.24, 2.45) is 0 Å². The van der Waals surface area contributed by atoms with E-state index in [0.29, 0.717) is 32.1 Å². The van der Waals surface area contributed by atoms with Gasteiger partial charge in [-0.25, -0.2) is 4.39 Å². The van der Waals surface area contributed by atoms with Crippen LogP contribution in [0.4, 0.5) is 4.39 Å². The van der Waals surface area contributed by atoms with Crippen LogP contribution in [0.5, 0.6) is 5.75 Å². The largest absolute Gasteiger partial charge is 0.492 e. The fourth-order valence-electron chi connectivity index (χ4n) is 1.78. The molecular weight excluding hydrogens is 275 g/mol. The minimum Gasteiger partial charge on any atom is -0.492 e. The average Bonchev–Trinajstić information content (AvgIpc) is 2.44. The van der Waals surface area contributed by atoms with Gasteiger partial charge in [0, 0.05) is 26.3 Å². The number of methoxy groups -OCH3 is 1. The van der Waals surface area contributed by atoms with Gasteiger partial charge < -0.3 is 14.8 Å². The molecule has 0 atom stereocenters. The van der Waals surface area contributed by atoms with Gasteiger partial charge in [0.25, 0.3) is 0 Å². The molecule has 0 aliphatic rings. The van der Waals surface area contributed by atoms with E-state index in [0.717, 1.165) is 13.0 Å². The molecule has 0 heterocycles. The third-order valence-electron chi connectivity index (χ3n) is 2.79. The number of carbonyl (C=O) groups is 1. The quantitative estimate of drug-likeness (QED) is 0.661. The summed E-state index contributed by atoms with van der Waals surface area (Å²) < 4.78 is 23.2. The molecule has 1 rings (SSSR count). The molecule has 0 aliphatic carbocycles. The Morgan fingerprint density at radius 1 is 1.38 bits per heavy atom. The molecular formula is C15H23FN2O3. The first-order valence-electron chi connectivity index (χ1n) is 6.94. The van der Waals surface area contributed by atoms with E-state index in [4.69, 9.17) is 9.47 Å². The SMILES string of the molecule is COCCCN(C)CC(=O)NCCOc1cccc(F)c1. The van der Waals surface area contributed by atoms with E-state index in [1.54, 1.807) is 19.2 Å². The molecule has 0 saturated heterocycles. The molecule has 118 valence electrons. The Bertz CT molecular complexity index is 429. The van der Waals surface area contributed by atoms with Crippen molar-refractivity contribution in [2.75, 3.05) is 47.0 Å². The maximum atomic E-state index is 12.9. The summed E-state index contributed by atoms with van der Waals surface area (Å²) in [4.78, 5) is 13.6. The molecule has 0 radical (unpaired) electrons. The normalized spacial score (nSPS) is 10.7. The molecule has 1 N–H and O–H groups in total. The van der Waals surface area contributed by atoms with Crippen molar-refractivity contribution >= 4 is 5.91 Å². The number of rotatable bonds is 10. The Kier molecular flexibility index (Phi) is 8.38. The van der Waals surface area contributed by atoms with E-state index in [-0.39, 0.29) is 11.7 Å². The van der Waals surface area contributed by atoms with Crippen LogP contribution in [-0.4, -0.2) is 57.8 Å². The lowest BCUT2D eigenvalue weighted by molar-refractivity contribution is -0.122. The molecule has 0 unspecified atom stereocenters. The number of hydrogen-bond acceptors (Lipinski definition) is 4. The number of amides is 1. The van der Waals surface area contributed by atoms with Crippen molar-refractivity contribution in [3.05, 3.63) is 30.1 Å². The van der Waals surface area contributed by atoms with Crippen LogP contribution in [0, 0.1) is 5.82 Å². The van der Waals surface area contributed by atoms with Crippen molar-refractivity contribution < 1.29 is 18.7 Å². The summed E-state index contributed by atoms with van der Waals surface area (Å²) in [7, 11) is 3.55. The summed E-state index contributed by atoms with van der Waals surface area (Å²) in [5.74, 6) is 0.0629. The van der Waals surface area contributed by atoms with Gasteiger partial charge in [-0.05, 0) is 25.6 Å². The zero-order valence-electron chi connectivity index (χ0n) is 12.6. The van der Waals surface area contributed by atoms with Crippen LogP contribution < -0.4 is 10.1 Å². The molecule has 1 amide bonds. The number of benzene rings is 1. The van der Waals surface area contributed by atoms with Crippen molar-refractivity contribution in [2.45, 2.75) is 6.42 Å². The molecule has 21 heavy (non-hydrogen) atoms. The summed E-state index contributed by atoms with van der Waals surface area (Å²) >= 11 is 0. The number of likely N-dealkylation sites (N-methyl/N-ethyl adjacent to an activating group) is 1. The summed E-state index contributed by atoms with van der Waals surface area (Å²) in [6, 6.07) is 5.92. The molecule has 0 aliphatic heterocycles.